The van der Waals surface area contributed by atoms with E-state index >= 15 is 0 Å². The summed E-state index contributed by atoms with van der Waals surface area (Å²) in [6.07, 6.45) is 2.94. The standard InChI is InChI=1S/C12H17ClN2.2ClH/c13-11-4-2-1-3-10(11)9-12(14)5-7-15-8-6-12;;/h1-4,15H,5-9,14H2;2*1H. The number of halogens is 3. The van der Waals surface area contributed by atoms with Crippen molar-refractivity contribution in [2.45, 2.75) is 24.8 Å². The third kappa shape index (κ3) is 4.65. The number of hydrogen-bond acceptors (Lipinski definition) is 2. The number of benzene rings is 1. The molecule has 3 N–H and O–H groups in total. The molecule has 1 saturated heterocycles. The molecule has 0 aliphatic carbocycles. The predicted octanol–water partition coefficient (Wildman–Crippen LogP) is 2.81. The van der Waals surface area contributed by atoms with Crippen LogP contribution in [0.15, 0.2) is 24.3 Å². The van der Waals surface area contributed by atoms with Crippen LogP contribution in [0.5, 0.6) is 0 Å². The van der Waals surface area contributed by atoms with Crippen molar-refractivity contribution in [1.82, 2.24) is 5.32 Å². The second-order valence-electron chi connectivity index (χ2n) is 4.38. The Bertz CT molecular complexity index is 338. The molecule has 1 heterocycles. The minimum absolute atomic E-state index is 0. The largest absolute Gasteiger partial charge is 0.325 e. The van der Waals surface area contributed by atoms with E-state index in [4.69, 9.17) is 17.3 Å². The molecule has 0 radical (unpaired) electrons. The van der Waals surface area contributed by atoms with Crippen LogP contribution >= 0.6 is 36.4 Å². The van der Waals surface area contributed by atoms with Crippen molar-refractivity contribution in [1.29, 1.82) is 0 Å². The highest BCUT2D eigenvalue weighted by atomic mass is 35.5. The molecule has 2 nitrogen and oxygen atoms in total. The average Bonchev–Trinajstić information content (AvgIpc) is 2.22. The molecule has 1 aromatic rings. The van der Waals surface area contributed by atoms with E-state index in [0.29, 0.717) is 0 Å². The van der Waals surface area contributed by atoms with Crippen LogP contribution in [-0.2, 0) is 6.42 Å². The van der Waals surface area contributed by atoms with Crippen molar-refractivity contribution >= 4 is 36.4 Å². The maximum Gasteiger partial charge on any atom is 0.0438 e. The Morgan fingerprint density at radius 2 is 1.76 bits per heavy atom. The van der Waals surface area contributed by atoms with Gasteiger partial charge in [0, 0.05) is 10.6 Å². The first-order chi connectivity index (χ1) is 7.20. The number of hydrogen-bond donors (Lipinski definition) is 2. The smallest absolute Gasteiger partial charge is 0.0438 e. The fraction of sp³-hybridized carbons (Fsp3) is 0.500. The lowest BCUT2D eigenvalue weighted by Gasteiger charge is -2.34. The zero-order valence-electron chi connectivity index (χ0n) is 9.62. The summed E-state index contributed by atoms with van der Waals surface area (Å²) >= 11 is 6.13. The second kappa shape index (κ2) is 7.45. The zero-order valence-corrected chi connectivity index (χ0v) is 12.0. The highest BCUT2D eigenvalue weighted by Gasteiger charge is 2.27. The number of nitrogens with one attached hydrogen (secondary N) is 1. The molecule has 0 unspecified atom stereocenters. The molecule has 1 aromatic carbocycles. The minimum atomic E-state index is -0.0732. The molecular weight excluding hydrogens is 279 g/mol. The van der Waals surface area contributed by atoms with Crippen molar-refractivity contribution in [2.75, 3.05) is 13.1 Å². The predicted molar refractivity (Wildman–Crippen MR) is 78.7 cm³/mol. The molecular formula is C12H19Cl3N2. The molecule has 1 aliphatic rings. The molecule has 1 aliphatic heterocycles. The van der Waals surface area contributed by atoms with Crippen LogP contribution in [0.4, 0.5) is 0 Å². The van der Waals surface area contributed by atoms with Gasteiger partial charge in [0.1, 0.15) is 0 Å². The summed E-state index contributed by atoms with van der Waals surface area (Å²) in [4.78, 5) is 0. The summed E-state index contributed by atoms with van der Waals surface area (Å²) in [7, 11) is 0. The van der Waals surface area contributed by atoms with E-state index in [1.807, 2.05) is 18.2 Å². The van der Waals surface area contributed by atoms with Crippen LogP contribution in [-0.4, -0.2) is 18.6 Å². The van der Waals surface area contributed by atoms with Gasteiger partial charge in [0.2, 0.25) is 0 Å². The van der Waals surface area contributed by atoms with Gasteiger partial charge in [-0.3, -0.25) is 0 Å². The summed E-state index contributed by atoms with van der Waals surface area (Å²) in [5, 5.41) is 4.16. The van der Waals surface area contributed by atoms with Gasteiger partial charge < -0.3 is 11.1 Å². The van der Waals surface area contributed by atoms with E-state index in [9.17, 15) is 0 Å². The Morgan fingerprint density at radius 1 is 1.18 bits per heavy atom. The quantitative estimate of drug-likeness (QED) is 0.881. The third-order valence-corrected chi connectivity index (χ3v) is 3.47. The molecule has 0 amide bonds. The van der Waals surface area contributed by atoms with Crippen LogP contribution in [0.25, 0.3) is 0 Å². The first-order valence-electron chi connectivity index (χ1n) is 5.43. The minimum Gasteiger partial charge on any atom is -0.325 e. The van der Waals surface area contributed by atoms with Crippen molar-refractivity contribution in [3.63, 3.8) is 0 Å². The highest BCUT2D eigenvalue weighted by molar-refractivity contribution is 6.31. The lowest BCUT2D eigenvalue weighted by molar-refractivity contribution is 0.308. The van der Waals surface area contributed by atoms with Gasteiger partial charge in [-0.25, -0.2) is 0 Å². The fourth-order valence-electron chi connectivity index (χ4n) is 2.12. The molecule has 0 spiro atoms. The molecule has 2 rings (SSSR count). The van der Waals surface area contributed by atoms with Gasteiger partial charge in [-0.2, -0.15) is 0 Å². The molecule has 5 heteroatoms. The topological polar surface area (TPSA) is 38.0 Å². The Balaban J connectivity index is 0.00000128. The second-order valence-corrected chi connectivity index (χ2v) is 4.79. The van der Waals surface area contributed by atoms with Gasteiger partial charge in [-0.1, -0.05) is 29.8 Å². The van der Waals surface area contributed by atoms with Gasteiger partial charge in [0.15, 0.2) is 0 Å². The summed E-state index contributed by atoms with van der Waals surface area (Å²) in [5.41, 5.74) is 7.46. The summed E-state index contributed by atoms with van der Waals surface area (Å²) in [5.74, 6) is 0. The zero-order chi connectivity index (χ0) is 10.7. The molecule has 0 bridgehead atoms. The third-order valence-electron chi connectivity index (χ3n) is 3.10. The maximum absolute atomic E-state index is 6.36. The Morgan fingerprint density at radius 3 is 2.35 bits per heavy atom. The van der Waals surface area contributed by atoms with Crippen molar-refractivity contribution in [2.24, 2.45) is 5.73 Å². The summed E-state index contributed by atoms with van der Waals surface area (Å²) in [6.45, 7) is 2.03. The lowest BCUT2D eigenvalue weighted by atomic mass is 9.83. The van der Waals surface area contributed by atoms with Gasteiger partial charge in [0.25, 0.3) is 0 Å². The average molecular weight is 298 g/mol. The van der Waals surface area contributed by atoms with Gasteiger partial charge in [0.05, 0.1) is 0 Å². The van der Waals surface area contributed by atoms with E-state index in [1.165, 1.54) is 5.56 Å². The van der Waals surface area contributed by atoms with E-state index < -0.39 is 0 Å². The summed E-state index contributed by atoms with van der Waals surface area (Å²) in [6, 6.07) is 7.98. The molecule has 0 atom stereocenters. The van der Waals surface area contributed by atoms with Crippen LogP contribution in [0.2, 0.25) is 5.02 Å². The van der Waals surface area contributed by atoms with Crippen molar-refractivity contribution in [3.8, 4) is 0 Å². The maximum atomic E-state index is 6.36. The number of nitrogens with two attached hydrogens (primary N) is 1. The Kier molecular flexibility index (Phi) is 7.45. The van der Waals surface area contributed by atoms with E-state index in [2.05, 4.69) is 11.4 Å². The van der Waals surface area contributed by atoms with E-state index in [0.717, 1.165) is 37.4 Å². The van der Waals surface area contributed by atoms with Gasteiger partial charge in [-0.05, 0) is 44.0 Å². The molecule has 1 fully saturated rings. The first kappa shape index (κ1) is 17.0. The van der Waals surface area contributed by atoms with Crippen molar-refractivity contribution < 1.29 is 0 Å². The van der Waals surface area contributed by atoms with Gasteiger partial charge in [-0.15, -0.1) is 24.8 Å². The van der Waals surface area contributed by atoms with Crippen molar-refractivity contribution in [3.05, 3.63) is 34.9 Å². The SMILES string of the molecule is Cl.Cl.NC1(Cc2ccccc2Cl)CCNCC1. The Labute approximate surface area is 120 Å². The van der Waals surface area contributed by atoms with E-state index in [-0.39, 0.29) is 30.4 Å². The van der Waals surface area contributed by atoms with E-state index in [1.54, 1.807) is 0 Å². The normalized spacial score (nSPS) is 17.8. The monoisotopic (exact) mass is 296 g/mol. The molecule has 0 aromatic heterocycles. The van der Waals surface area contributed by atoms with Crippen LogP contribution in [0, 0.1) is 0 Å². The highest BCUT2D eigenvalue weighted by Crippen LogP contribution is 2.24. The number of rotatable bonds is 2. The first-order valence-corrected chi connectivity index (χ1v) is 5.80. The number of piperidine rings is 1. The molecule has 17 heavy (non-hydrogen) atoms. The van der Waals surface area contributed by atoms with Crippen LogP contribution in [0.1, 0.15) is 18.4 Å². The molecule has 98 valence electrons. The molecule has 0 saturated carbocycles. The van der Waals surface area contributed by atoms with Gasteiger partial charge >= 0.3 is 0 Å². The fourth-order valence-corrected chi connectivity index (χ4v) is 2.33. The van der Waals surface area contributed by atoms with Crippen LogP contribution in [0.3, 0.4) is 0 Å². The summed E-state index contributed by atoms with van der Waals surface area (Å²) < 4.78 is 0. The van der Waals surface area contributed by atoms with Crippen LogP contribution < -0.4 is 11.1 Å². The Hall–Kier alpha value is 0.01000. The lowest BCUT2D eigenvalue weighted by Crippen LogP contribution is -2.50.